The van der Waals surface area contributed by atoms with Crippen LogP contribution < -0.4 is 10.6 Å². The molecule has 154 valence electrons. The first-order valence-electron chi connectivity index (χ1n) is 11.1. The van der Waals surface area contributed by atoms with E-state index in [2.05, 4.69) is 51.9 Å². The summed E-state index contributed by atoms with van der Waals surface area (Å²) in [7, 11) is 0. The van der Waals surface area contributed by atoms with Crippen LogP contribution in [0.5, 0.6) is 0 Å². The summed E-state index contributed by atoms with van der Waals surface area (Å²) < 4.78 is 0. The number of hydrogen-bond acceptors (Lipinski definition) is 3. The molecule has 2 fully saturated rings. The van der Waals surface area contributed by atoms with Crippen LogP contribution in [-0.4, -0.2) is 36.0 Å². The molecule has 2 N–H and O–H groups in total. The molecule has 1 saturated carbocycles. The molecule has 1 amide bonds. The average Bonchev–Trinajstić information content (AvgIpc) is 2.76. The van der Waals surface area contributed by atoms with Crippen LogP contribution in [0.2, 0.25) is 0 Å². The third-order valence-electron chi connectivity index (χ3n) is 6.55. The summed E-state index contributed by atoms with van der Waals surface area (Å²) in [5.41, 5.74) is 3.42. The van der Waals surface area contributed by atoms with Gasteiger partial charge in [0.25, 0.3) is 0 Å². The van der Waals surface area contributed by atoms with Gasteiger partial charge in [-0.1, -0.05) is 55.3 Å². The van der Waals surface area contributed by atoms with Gasteiger partial charge in [0, 0.05) is 32.1 Å². The van der Waals surface area contributed by atoms with Gasteiger partial charge in [-0.2, -0.15) is 0 Å². The quantitative estimate of drug-likeness (QED) is 0.732. The second kappa shape index (κ2) is 9.45. The number of rotatable bonds is 5. The maximum absolute atomic E-state index is 11.5. The van der Waals surface area contributed by atoms with Gasteiger partial charge in [0.05, 0.1) is 11.4 Å². The van der Waals surface area contributed by atoms with Crippen molar-refractivity contribution in [1.82, 2.24) is 4.90 Å². The van der Waals surface area contributed by atoms with E-state index in [1.807, 2.05) is 18.2 Å². The molecule has 0 radical (unpaired) electrons. The standard InChI is InChI=1S/C25H33N3O/c1-19(29)26-23-12-6-7-13-24(23)27-21-15-17-28(18-16-21)25-14-8-5-11-22(25)20-9-3-2-4-10-20/h2-4,6-7,9-10,12-13,21-22,25,27H,5,8,11,14-18H2,1H3,(H,26,29). The molecule has 0 spiro atoms. The lowest BCUT2D eigenvalue weighted by molar-refractivity contribution is -0.114. The van der Waals surface area contributed by atoms with Gasteiger partial charge in [-0.25, -0.2) is 0 Å². The molecule has 2 unspecified atom stereocenters. The number of likely N-dealkylation sites (tertiary alicyclic amines) is 1. The molecule has 1 heterocycles. The molecule has 0 aromatic heterocycles. The van der Waals surface area contributed by atoms with Gasteiger partial charge in [0.1, 0.15) is 0 Å². The third kappa shape index (κ3) is 4.99. The SMILES string of the molecule is CC(=O)Nc1ccccc1NC1CCN(C2CCCCC2c2ccccc2)CC1. The number of anilines is 2. The molecule has 4 rings (SSSR count). The molecular formula is C25H33N3O. The predicted molar refractivity (Wildman–Crippen MR) is 120 cm³/mol. The summed E-state index contributed by atoms with van der Waals surface area (Å²) >= 11 is 0. The lowest BCUT2D eigenvalue weighted by atomic mass is 9.78. The van der Waals surface area contributed by atoms with Gasteiger partial charge >= 0.3 is 0 Å². The summed E-state index contributed by atoms with van der Waals surface area (Å²) in [5.74, 6) is 0.647. The minimum atomic E-state index is -0.0293. The van der Waals surface area contributed by atoms with Crippen LogP contribution in [0.4, 0.5) is 11.4 Å². The number of benzene rings is 2. The minimum absolute atomic E-state index is 0.0293. The number of para-hydroxylation sites is 2. The highest BCUT2D eigenvalue weighted by atomic mass is 16.1. The number of nitrogens with zero attached hydrogens (tertiary/aromatic N) is 1. The lowest BCUT2D eigenvalue weighted by Crippen LogP contribution is -2.47. The normalized spacial score (nSPS) is 23.5. The molecular weight excluding hydrogens is 358 g/mol. The zero-order valence-electron chi connectivity index (χ0n) is 17.4. The van der Waals surface area contributed by atoms with Gasteiger partial charge < -0.3 is 10.6 Å². The maximum Gasteiger partial charge on any atom is 0.221 e. The highest BCUT2D eigenvalue weighted by molar-refractivity contribution is 5.92. The predicted octanol–water partition coefficient (Wildman–Crippen LogP) is 5.25. The Morgan fingerprint density at radius 2 is 1.52 bits per heavy atom. The van der Waals surface area contributed by atoms with E-state index >= 15 is 0 Å². The fourth-order valence-corrected chi connectivity index (χ4v) is 5.14. The first kappa shape index (κ1) is 20.0. The molecule has 2 atom stereocenters. The largest absolute Gasteiger partial charge is 0.381 e. The fourth-order valence-electron chi connectivity index (χ4n) is 5.14. The lowest BCUT2D eigenvalue weighted by Gasteiger charge is -2.44. The van der Waals surface area contributed by atoms with Crippen LogP contribution in [0.15, 0.2) is 54.6 Å². The first-order valence-corrected chi connectivity index (χ1v) is 11.1. The number of piperidine rings is 1. The molecule has 0 bridgehead atoms. The van der Waals surface area contributed by atoms with Crippen molar-refractivity contribution < 1.29 is 4.79 Å². The maximum atomic E-state index is 11.5. The van der Waals surface area contributed by atoms with Crippen molar-refractivity contribution in [2.45, 2.75) is 63.5 Å². The Labute approximate surface area is 174 Å². The second-order valence-electron chi connectivity index (χ2n) is 8.55. The van der Waals surface area contributed by atoms with E-state index in [4.69, 9.17) is 0 Å². The molecule has 1 aliphatic carbocycles. The zero-order valence-corrected chi connectivity index (χ0v) is 17.4. The summed E-state index contributed by atoms with van der Waals surface area (Å²) in [6.07, 6.45) is 7.64. The fraction of sp³-hybridized carbons (Fsp3) is 0.480. The van der Waals surface area contributed by atoms with Gasteiger partial charge in [0.15, 0.2) is 0 Å². The van der Waals surface area contributed by atoms with Crippen molar-refractivity contribution >= 4 is 17.3 Å². The molecule has 2 aliphatic rings. The smallest absolute Gasteiger partial charge is 0.221 e. The van der Waals surface area contributed by atoms with Crippen LogP contribution in [0.3, 0.4) is 0 Å². The molecule has 2 aromatic carbocycles. The van der Waals surface area contributed by atoms with Gasteiger partial charge in [-0.3, -0.25) is 9.69 Å². The zero-order chi connectivity index (χ0) is 20.1. The number of carbonyl (C=O) groups excluding carboxylic acids is 1. The molecule has 4 heteroatoms. The molecule has 2 aromatic rings. The number of amides is 1. The second-order valence-corrected chi connectivity index (χ2v) is 8.55. The van der Waals surface area contributed by atoms with E-state index < -0.39 is 0 Å². The Bertz CT molecular complexity index is 799. The van der Waals surface area contributed by atoms with E-state index in [0.717, 1.165) is 37.3 Å². The van der Waals surface area contributed by atoms with Gasteiger partial charge in [-0.05, 0) is 49.3 Å². The number of nitrogens with one attached hydrogen (secondary N) is 2. The third-order valence-corrected chi connectivity index (χ3v) is 6.55. The molecule has 4 nitrogen and oxygen atoms in total. The van der Waals surface area contributed by atoms with Crippen LogP contribution in [0.25, 0.3) is 0 Å². The highest BCUT2D eigenvalue weighted by Gasteiger charge is 2.33. The van der Waals surface area contributed by atoms with Crippen LogP contribution >= 0.6 is 0 Å². The summed E-state index contributed by atoms with van der Waals surface area (Å²) in [4.78, 5) is 14.2. The van der Waals surface area contributed by atoms with Crippen molar-refractivity contribution in [3.63, 3.8) is 0 Å². The molecule has 29 heavy (non-hydrogen) atoms. The topological polar surface area (TPSA) is 44.4 Å². The van der Waals surface area contributed by atoms with E-state index in [1.54, 1.807) is 6.92 Å². The Kier molecular flexibility index (Phi) is 6.50. The minimum Gasteiger partial charge on any atom is -0.381 e. The van der Waals surface area contributed by atoms with Crippen LogP contribution in [0, 0.1) is 0 Å². The van der Waals surface area contributed by atoms with Crippen LogP contribution in [0.1, 0.15) is 56.9 Å². The monoisotopic (exact) mass is 391 g/mol. The van der Waals surface area contributed by atoms with Gasteiger partial charge in [-0.15, -0.1) is 0 Å². The van der Waals surface area contributed by atoms with Crippen molar-refractivity contribution in [3.05, 3.63) is 60.2 Å². The van der Waals surface area contributed by atoms with Gasteiger partial charge in [0.2, 0.25) is 5.91 Å². The Hall–Kier alpha value is -2.33. The summed E-state index contributed by atoms with van der Waals surface area (Å²) in [6, 6.07) is 20.3. The molecule has 1 aliphatic heterocycles. The van der Waals surface area contributed by atoms with Crippen molar-refractivity contribution in [2.24, 2.45) is 0 Å². The number of hydrogen-bond donors (Lipinski definition) is 2. The van der Waals surface area contributed by atoms with E-state index in [9.17, 15) is 4.79 Å². The Morgan fingerprint density at radius 1 is 0.862 bits per heavy atom. The van der Waals surface area contributed by atoms with Crippen molar-refractivity contribution in [1.29, 1.82) is 0 Å². The summed E-state index contributed by atoms with van der Waals surface area (Å²) in [5, 5.41) is 6.62. The summed E-state index contributed by atoms with van der Waals surface area (Å²) in [6.45, 7) is 3.85. The van der Waals surface area contributed by atoms with E-state index in [-0.39, 0.29) is 5.91 Å². The first-order chi connectivity index (χ1) is 14.2. The Balaban J connectivity index is 1.37. The number of carbonyl (C=O) groups is 1. The average molecular weight is 392 g/mol. The highest BCUT2D eigenvalue weighted by Crippen LogP contribution is 2.37. The Morgan fingerprint density at radius 3 is 2.24 bits per heavy atom. The molecule has 1 saturated heterocycles. The van der Waals surface area contributed by atoms with Crippen molar-refractivity contribution in [3.8, 4) is 0 Å². The van der Waals surface area contributed by atoms with E-state index in [0.29, 0.717) is 18.0 Å². The van der Waals surface area contributed by atoms with E-state index in [1.165, 1.54) is 31.2 Å². The van der Waals surface area contributed by atoms with Crippen molar-refractivity contribution in [2.75, 3.05) is 23.7 Å². The van der Waals surface area contributed by atoms with Crippen LogP contribution in [-0.2, 0) is 4.79 Å².